The smallest absolute Gasteiger partial charge is 0.499 e. The summed E-state index contributed by atoms with van der Waals surface area (Å²) < 4.78 is 37.9. The molecule has 31 heavy (non-hydrogen) atoms. The summed E-state index contributed by atoms with van der Waals surface area (Å²) in [7, 11) is -4.82. The third-order valence-electron chi connectivity index (χ3n) is 4.39. The Morgan fingerprint density at radius 2 is 1.74 bits per heavy atom. The topological polar surface area (TPSA) is 161 Å². The van der Waals surface area contributed by atoms with Gasteiger partial charge in [-0.1, -0.05) is 39.5 Å². The first kappa shape index (κ1) is 27.8. The van der Waals surface area contributed by atoms with Gasteiger partial charge in [0.2, 0.25) is 11.5 Å². The molecule has 0 radical (unpaired) electrons. The van der Waals surface area contributed by atoms with Crippen molar-refractivity contribution in [3.8, 4) is 0 Å². The van der Waals surface area contributed by atoms with Gasteiger partial charge in [-0.15, -0.1) is 0 Å². The van der Waals surface area contributed by atoms with Crippen LogP contribution in [0.5, 0.6) is 0 Å². The van der Waals surface area contributed by atoms with Crippen molar-refractivity contribution in [1.29, 1.82) is 0 Å². The van der Waals surface area contributed by atoms with Crippen LogP contribution < -0.4 is 0 Å². The molecule has 0 saturated heterocycles. The van der Waals surface area contributed by atoms with Crippen LogP contribution in [-0.2, 0) is 32.6 Å². The Morgan fingerprint density at radius 3 is 2.35 bits per heavy atom. The Labute approximate surface area is 182 Å². The van der Waals surface area contributed by atoms with E-state index in [1.54, 1.807) is 0 Å². The zero-order valence-corrected chi connectivity index (χ0v) is 19.0. The van der Waals surface area contributed by atoms with Crippen LogP contribution >= 0.6 is 7.82 Å². The van der Waals surface area contributed by atoms with Crippen molar-refractivity contribution in [2.24, 2.45) is 0 Å². The summed E-state index contributed by atoms with van der Waals surface area (Å²) in [6, 6.07) is 0. The lowest BCUT2D eigenvalue weighted by Gasteiger charge is -2.22. The van der Waals surface area contributed by atoms with Crippen LogP contribution in [-0.4, -0.2) is 77.5 Å². The maximum atomic E-state index is 12.3. The lowest BCUT2D eigenvalue weighted by molar-refractivity contribution is -0.147. The fourth-order valence-electron chi connectivity index (χ4n) is 2.65. The second-order valence-electron chi connectivity index (χ2n) is 7.13. The molecule has 0 fully saturated rings. The molecule has 1 unspecified atom stereocenters. The number of carbonyl (C=O) groups excluding carboxylic acids is 1. The first-order chi connectivity index (χ1) is 14.8. The number of phosphoric ester groups is 1. The number of hydrogen-bond donors (Lipinski definition) is 4. The van der Waals surface area contributed by atoms with Crippen molar-refractivity contribution in [2.45, 2.75) is 70.7 Å². The van der Waals surface area contributed by atoms with Gasteiger partial charge in [0.25, 0.3) is 0 Å². The molecule has 11 nitrogen and oxygen atoms in total. The fourth-order valence-corrected chi connectivity index (χ4v) is 3.49. The highest BCUT2D eigenvalue weighted by atomic mass is 31.2. The molecule has 0 amide bonds. The van der Waals surface area contributed by atoms with E-state index in [2.05, 4.69) is 18.6 Å². The van der Waals surface area contributed by atoms with Gasteiger partial charge in [-0.05, 0) is 12.8 Å². The summed E-state index contributed by atoms with van der Waals surface area (Å²) in [6.07, 6.45) is 1.84. The van der Waals surface area contributed by atoms with Gasteiger partial charge in [0.05, 0.1) is 19.8 Å². The normalized spacial score (nSPS) is 20.4. The van der Waals surface area contributed by atoms with E-state index in [0.717, 1.165) is 38.5 Å². The van der Waals surface area contributed by atoms with E-state index >= 15 is 0 Å². The van der Waals surface area contributed by atoms with Crippen LogP contribution in [0.15, 0.2) is 11.5 Å². The first-order valence-corrected chi connectivity index (χ1v) is 12.0. The lowest BCUT2D eigenvalue weighted by Crippen LogP contribution is -2.32. The minimum atomic E-state index is -4.82. The largest absolute Gasteiger partial charge is 0.527 e. The average Bonchev–Trinajstić information content (AvgIpc) is 3.01. The van der Waals surface area contributed by atoms with E-state index < -0.39 is 50.2 Å². The van der Waals surface area contributed by atoms with E-state index in [0.29, 0.717) is 13.2 Å². The summed E-state index contributed by atoms with van der Waals surface area (Å²) in [5.41, 5.74) is 0. The van der Waals surface area contributed by atoms with Crippen molar-refractivity contribution < 1.29 is 52.8 Å². The van der Waals surface area contributed by atoms with E-state index in [1.165, 1.54) is 0 Å². The zero-order chi connectivity index (χ0) is 23.3. The van der Waals surface area contributed by atoms with Crippen molar-refractivity contribution >= 4 is 13.8 Å². The molecule has 0 saturated carbocycles. The van der Waals surface area contributed by atoms with E-state index in [9.17, 15) is 24.5 Å². The summed E-state index contributed by atoms with van der Waals surface area (Å²) >= 11 is 0. The van der Waals surface area contributed by atoms with Gasteiger partial charge in [0.1, 0.15) is 12.2 Å². The summed E-state index contributed by atoms with van der Waals surface area (Å²) in [4.78, 5) is 21.5. The van der Waals surface area contributed by atoms with Crippen LogP contribution in [0.3, 0.4) is 0 Å². The average molecular weight is 470 g/mol. The fraction of sp³-hybridized carbons (Fsp3) is 0.842. The Bertz CT molecular complexity index is 610. The predicted octanol–water partition coefficient (Wildman–Crippen LogP) is 1.95. The van der Waals surface area contributed by atoms with Gasteiger partial charge in [0.15, 0.2) is 6.10 Å². The van der Waals surface area contributed by atoms with Gasteiger partial charge in [0, 0.05) is 13.2 Å². The minimum absolute atomic E-state index is 0.150. The number of hydrogen-bond acceptors (Lipinski definition) is 10. The molecule has 1 heterocycles. The monoisotopic (exact) mass is 470 g/mol. The molecule has 0 aromatic rings. The molecule has 1 aliphatic heterocycles. The molecule has 4 N–H and O–H groups in total. The molecular formula is C19H35O11P. The number of cyclic esters (lactones) is 1. The minimum Gasteiger partial charge on any atom is -0.499 e. The van der Waals surface area contributed by atoms with Gasteiger partial charge in [-0.3, -0.25) is 9.42 Å². The molecule has 12 heteroatoms. The summed E-state index contributed by atoms with van der Waals surface area (Å²) in [5.74, 6) is -3.12. The van der Waals surface area contributed by atoms with E-state index in [1.807, 2.05) is 0 Å². The number of rotatable bonds is 18. The van der Waals surface area contributed by atoms with E-state index in [4.69, 9.17) is 23.6 Å². The maximum Gasteiger partial charge on any atom is 0.527 e. The van der Waals surface area contributed by atoms with Gasteiger partial charge in [-0.2, -0.15) is 0 Å². The van der Waals surface area contributed by atoms with Gasteiger partial charge < -0.3 is 34.1 Å². The molecular weight excluding hydrogens is 435 g/mol. The number of ether oxygens (including phenoxy) is 3. The van der Waals surface area contributed by atoms with Crippen LogP contribution in [0.1, 0.15) is 52.4 Å². The molecule has 0 aliphatic carbocycles. The number of aliphatic hydroxyl groups excluding tert-OH is 3. The number of esters is 1. The lowest BCUT2D eigenvalue weighted by atomic mass is 10.2. The number of phosphoric acid groups is 1. The zero-order valence-electron chi connectivity index (χ0n) is 18.1. The Hall–Kier alpha value is -1.20. The first-order valence-electron chi connectivity index (χ1n) is 10.5. The predicted molar refractivity (Wildman–Crippen MR) is 109 cm³/mol. The number of carbonyl (C=O) groups is 1. The third kappa shape index (κ3) is 10.3. The molecule has 182 valence electrons. The molecule has 4 atom stereocenters. The highest BCUT2D eigenvalue weighted by molar-refractivity contribution is 7.47. The van der Waals surface area contributed by atoms with Crippen LogP contribution in [0.4, 0.5) is 0 Å². The van der Waals surface area contributed by atoms with Crippen molar-refractivity contribution in [3.63, 3.8) is 0 Å². The van der Waals surface area contributed by atoms with Crippen LogP contribution in [0.2, 0.25) is 0 Å². The molecule has 0 spiro atoms. The standard InChI is InChI=1S/C19H35O11P/c1-3-5-7-9-26-12-14(27-10-8-6-4-2)13-28-31(24,25)30-18-16(22)19(23)29-17(18)15(21)11-20/h14-15,17,20-22H,3-13H2,1-2H3,(H,24,25)/t14-,15+,17-/m1/s1. The van der Waals surface area contributed by atoms with E-state index in [-0.39, 0.29) is 13.2 Å². The molecule has 0 aromatic heterocycles. The number of aliphatic hydroxyl groups is 3. The van der Waals surface area contributed by atoms with Crippen molar-refractivity contribution in [2.75, 3.05) is 33.0 Å². The van der Waals surface area contributed by atoms with Gasteiger partial charge in [-0.25, -0.2) is 9.36 Å². The Morgan fingerprint density at radius 1 is 1.10 bits per heavy atom. The Kier molecular flexibility index (Phi) is 13.3. The molecule has 1 rings (SSSR count). The van der Waals surface area contributed by atoms with Crippen LogP contribution in [0, 0.1) is 0 Å². The highest BCUT2D eigenvalue weighted by Crippen LogP contribution is 2.48. The van der Waals surface area contributed by atoms with Gasteiger partial charge >= 0.3 is 13.8 Å². The molecule has 0 bridgehead atoms. The summed E-state index contributed by atoms with van der Waals surface area (Å²) in [6.45, 7) is 4.05. The van der Waals surface area contributed by atoms with Crippen LogP contribution in [0.25, 0.3) is 0 Å². The maximum absolute atomic E-state index is 12.3. The number of unbranched alkanes of at least 4 members (excludes halogenated alkanes) is 4. The second kappa shape index (κ2) is 14.8. The Balaban J connectivity index is 2.66. The SMILES string of the molecule is CCCCCOC[C@H](COP(=O)(O)OC1=C(O)C(=O)O[C@@H]1[C@@H](O)CO)OCCCCC. The molecule has 0 aromatic carbocycles. The third-order valence-corrected chi connectivity index (χ3v) is 5.29. The quantitative estimate of drug-likeness (QED) is 0.132. The highest BCUT2D eigenvalue weighted by Gasteiger charge is 2.44. The summed E-state index contributed by atoms with van der Waals surface area (Å²) in [5, 5.41) is 28.4. The second-order valence-corrected chi connectivity index (χ2v) is 8.50. The van der Waals surface area contributed by atoms with Crippen molar-refractivity contribution in [3.05, 3.63) is 11.5 Å². The van der Waals surface area contributed by atoms with Crippen molar-refractivity contribution in [1.82, 2.24) is 0 Å². The molecule has 1 aliphatic rings.